The van der Waals surface area contributed by atoms with Crippen LogP contribution in [0.5, 0.6) is 0 Å². The van der Waals surface area contributed by atoms with E-state index in [9.17, 15) is 24.6 Å². The molecule has 0 fully saturated rings. The van der Waals surface area contributed by atoms with Crippen molar-refractivity contribution < 1.29 is 29.7 Å². The molecule has 21 heavy (non-hydrogen) atoms. The van der Waals surface area contributed by atoms with Gasteiger partial charge in [-0.2, -0.15) is 0 Å². The van der Waals surface area contributed by atoms with Crippen LogP contribution in [0.2, 0.25) is 0 Å². The Balaban J connectivity index is 3.74. The number of ketones is 1. The molecule has 0 bridgehead atoms. The second-order valence-corrected chi connectivity index (χ2v) is 4.80. The zero-order chi connectivity index (χ0) is 16.3. The lowest BCUT2D eigenvalue weighted by Gasteiger charge is -2.15. The Kier molecular flexibility index (Phi) is 4.99. The lowest BCUT2D eigenvalue weighted by atomic mass is 9.88. The third-order valence-corrected chi connectivity index (χ3v) is 2.87. The summed E-state index contributed by atoms with van der Waals surface area (Å²) in [4.78, 5) is 34.8. The summed E-state index contributed by atoms with van der Waals surface area (Å²) in [5.74, 6) is -3.60. The number of allylic oxidation sites excluding steroid dienone is 1. The molecule has 0 aliphatic rings. The van der Waals surface area contributed by atoms with Crippen LogP contribution in [-0.4, -0.2) is 39.1 Å². The highest BCUT2D eigenvalue weighted by atomic mass is 16.4. The van der Waals surface area contributed by atoms with Crippen LogP contribution in [0, 0.1) is 0 Å². The van der Waals surface area contributed by atoms with E-state index in [1.54, 1.807) is 0 Å². The molecule has 0 spiro atoms. The number of rotatable bonds is 6. The van der Waals surface area contributed by atoms with E-state index in [2.05, 4.69) is 6.58 Å². The van der Waals surface area contributed by atoms with Crippen molar-refractivity contribution in [3.05, 3.63) is 46.5 Å². The Morgan fingerprint density at radius 1 is 1.14 bits per heavy atom. The number of carboxylic acid groups (broad SMARTS) is 2. The molecule has 3 N–H and O–H groups in total. The zero-order valence-corrected chi connectivity index (χ0v) is 11.7. The van der Waals surface area contributed by atoms with E-state index in [1.807, 2.05) is 0 Å². The lowest BCUT2D eigenvalue weighted by molar-refractivity contribution is 0.0649. The van der Waals surface area contributed by atoms with E-state index in [0.29, 0.717) is 0 Å². The van der Waals surface area contributed by atoms with Gasteiger partial charge >= 0.3 is 11.9 Å². The van der Waals surface area contributed by atoms with Crippen molar-refractivity contribution in [1.29, 1.82) is 0 Å². The second kappa shape index (κ2) is 6.32. The monoisotopic (exact) mass is 292 g/mol. The molecule has 0 aliphatic heterocycles. The molecular weight excluding hydrogens is 276 g/mol. The molecule has 1 aromatic carbocycles. The highest BCUT2D eigenvalue weighted by molar-refractivity contribution is 6.17. The van der Waals surface area contributed by atoms with Crippen LogP contribution in [0.25, 0.3) is 0 Å². The Morgan fingerprint density at radius 2 is 1.71 bits per heavy atom. The summed E-state index contributed by atoms with van der Waals surface area (Å²) in [5, 5.41) is 27.8. The van der Waals surface area contributed by atoms with E-state index in [-0.39, 0.29) is 23.1 Å². The number of hydrogen-bond acceptors (Lipinski definition) is 4. The molecule has 0 saturated heterocycles. The Labute approximate surface area is 121 Å². The van der Waals surface area contributed by atoms with Gasteiger partial charge in [-0.25, -0.2) is 9.59 Å². The third-order valence-electron chi connectivity index (χ3n) is 2.87. The van der Waals surface area contributed by atoms with E-state index >= 15 is 0 Å². The molecule has 0 aliphatic carbocycles. The fourth-order valence-electron chi connectivity index (χ4n) is 2.01. The molecule has 6 nitrogen and oxygen atoms in total. The normalized spacial score (nSPS) is 11.8. The number of aliphatic hydroxyl groups is 1. The van der Waals surface area contributed by atoms with Gasteiger partial charge in [0.25, 0.3) is 0 Å². The van der Waals surface area contributed by atoms with Crippen LogP contribution in [0.1, 0.15) is 50.5 Å². The maximum Gasteiger partial charge on any atom is 0.337 e. The third kappa shape index (κ3) is 3.55. The first kappa shape index (κ1) is 16.6. The number of carbonyl (C=O) groups excluding carboxylic acids is 1. The molecule has 1 aromatic rings. The minimum Gasteiger partial charge on any atom is -0.478 e. The molecule has 0 heterocycles. The topological polar surface area (TPSA) is 112 Å². The van der Waals surface area contributed by atoms with Crippen molar-refractivity contribution in [3.63, 3.8) is 0 Å². The fourth-order valence-corrected chi connectivity index (χ4v) is 2.01. The first-order valence-corrected chi connectivity index (χ1v) is 6.17. The van der Waals surface area contributed by atoms with Crippen molar-refractivity contribution in [1.82, 2.24) is 0 Å². The summed E-state index contributed by atoms with van der Waals surface area (Å²) in [7, 11) is 0. The Morgan fingerprint density at radius 3 is 2.10 bits per heavy atom. The molecule has 1 unspecified atom stereocenters. The van der Waals surface area contributed by atoms with Crippen molar-refractivity contribution in [2.45, 2.75) is 26.4 Å². The molecule has 0 aromatic heterocycles. The van der Waals surface area contributed by atoms with Crippen LogP contribution < -0.4 is 0 Å². The van der Waals surface area contributed by atoms with Crippen LogP contribution in [0.4, 0.5) is 0 Å². The van der Waals surface area contributed by atoms with Crippen LogP contribution in [-0.2, 0) is 6.42 Å². The lowest BCUT2D eigenvalue weighted by Crippen LogP contribution is -2.19. The van der Waals surface area contributed by atoms with Gasteiger partial charge in [0.05, 0.1) is 17.2 Å². The van der Waals surface area contributed by atoms with Crippen LogP contribution in [0.15, 0.2) is 24.3 Å². The number of hydrogen-bond donors (Lipinski definition) is 3. The quantitative estimate of drug-likeness (QED) is 0.544. The standard InChI is InChI=1S/C15H16O6/c1-7(2)13(17)11-9(6-8(3)16)4-5-10(14(18)19)12(11)15(20)21/h4-5,8,16H,1,6H2,2-3H3,(H,18,19)(H,20,21). The molecule has 1 atom stereocenters. The summed E-state index contributed by atoms with van der Waals surface area (Å²) >= 11 is 0. The van der Waals surface area contributed by atoms with Gasteiger partial charge in [-0.05, 0) is 37.5 Å². The predicted octanol–water partition coefficient (Wildman–Crippen LogP) is 1.77. The maximum absolute atomic E-state index is 12.2. The van der Waals surface area contributed by atoms with E-state index in [1.165, 1.54) is 19.9 Å². The number of benzene rings is 1. The summed E-state index contributed by atoms with van der Waals surface area (Å²) in [6, 6.07) is 2.47. The predicted molar refractivity (Wildman–Crippen MR) is 74.9 cm³/mol. The molecule has 112 valence electrons. The number of carboxylic acids is 2. The molecular formula is C15H16O6. The van der Waals surface area contributed by atoms with Crippen molar-refractivity contribution >= 4 is 17.7 Å². The summed E-state index contributed by atoms with van der Waals surface area (Å²) < 4.78 is 0. The smallest absolute Gasteiger partial charge is 0.337 e. The van der Waals surface area contributed by atoms with Gasteiger partial charge in [-0.3, -0.25) is 4.79 Å². The van der Waals surface area contributed by atoms with E-state index in [0.717, 1.165) is 6.07 Å². The Bertz CT molecular complexity index is 627. The SMILES string of the molecule is C=C(C)C(=O)c1c(CC(C)O)ccc(C(=O)O)c1C(=O)O. The van der Waals surface area contributed by atoms with Gasteiger partial charge in [0.1, 0.15) is 0 Å². The van der Waals surface area contributed by atoms with Crippen LogP contribution in [0.3, 0.4) is 0 Å². The molecule has 0 amide bonds. The van der Waals surface area contributed by atoms with E-state index in [4.69, 9.17) is 5.11 Å². The molecule has 0 saturated carbocycles. The highest BCUT2D eigenvalue weighted by Crippen LogP contribution is 2.24. The summed E-state index contributed by atoms with van der Waals surface area (Å²) in [6.07, 6.45) is -0.770. The largest absolute Gasteiger partial charge is 0.478 e. The maximum atomic E-state index is 12.2. The van der Waals surface area contributed by atoms with Gasteiger partial charge in [0.15, 0.2) is 5.78 Å². The average molecular weight is 292 g/mol. The summed E-state index contributed by atoms with van der Waals surface area (Å²) in [6.45, 7) is 6.37. The minimum atomic E-state index is -1.51. The zero-order valence-electron chi connectivity index (χ0n) is 11.7. The Hall–Kier alpha value is -2.47. The van der Waals surface area contributed by atoms with Crippen molar-refractivity contribution in [2.24, 2.45) is 0 Å². The van der Waals surface area contributed by atoms with Gasteiger partial charge in [-0.1, -0.05) is 12.6 Å². The van der Waals surface area contributed by atoms with Gasteiger partial charge < -0.3 is 15.3 Å². The molecule has 1 rings (SSSR count). The molecule has 0 radical (unpaired) electrons. The number of aromatic carboxylic acids is 2. The molecule has 6 heteroatoms. The fraction of sp³-hybridized carbons (Fsp3) is 0.267. The summed E-state index contributed by atoms with van der Waals surface area (Å²) in [5.41, 5.74) is -0.904. The van der Waals surface area contributed by atoms with Gasteiger partial charge in [-0.15, -0.1) is 0 Å². The highest BCUT2D eigenvalue weighted by Gasteiger charge is 2.27. The van der Waals surface area contributed by atoms with Gasteiger partial charge in [0.2, 0.25) is 0 Å². The first-order chi connectivity index (χ1) is 9.66. The second-order valence-electron chi connectivity index (χ2n) is 4.80. The minimum absolute atomic E-state index is 0.0362. The van der Waals surface area contributed by atoms with Crippen molar-refractivity contribution in [2.75, 3.05) is 0 Å². The van der Waals surface area contributed by atoms with Crippen LogP contribution >= 0.6 is 0 Å². The number of carbonyl (C=O) groups is 3. The first-order valence-electron chi connectivity index (χ1n) is 6.17. The number of Topliss-reactive ketones (excluding diaryl/α,β-unsaturated/α-hetero) is 1. The number of aliphatic hydroxyl groups excluding tert-OH is 1. The van der Waals surface area contributed by atoms with Gasteiger partial charge in [0, 0.05) is 5.56 Å². The van der Waals surface area contributed by atoms with E-state index < -0.39 is 35.0 Å². The average Bonchev–Trinajstić information content (AvgIpc) is 2.35. The van der Waals surface area contributed by atoms with Crippen molar-refractivity contribution in [3.8, 4) is 0 Å².